The highest BCUT2D eigenvalue weighted by Crippen LogP contribution is 2.30. The first-order valence-corrected chi connectivity index (χ1v) is 8.36. The van der Waals surface area contributed by atoms with Gasteiger partial charge in [0.2, 0.25) is 5.89 Å². The van der Waals surface area contributed by atoms with Crippen molar-refractivity contribution in [3.05, 3.63) is 78.1 Å². The van der Waals surface area contributed by atoms with Crippen LogP contribution in [0, 0.1) is 0 Å². The molecule has 0 aliphatic rings. The molecule has 0 unspecified atom stereocenters. The molecule has 0 radical (unpaired) electrons. The largest absolute Gasteiger partial charge is 0.459 e. The highest BCUT2D eigenvalue weighted by atomic mass is 19.4. The number of halogens is 3. The Labute approximate surface area is 162 Å². The molecule has 0 aliphatic carbocycles. The maximum absolute atomic E-state index is 12.8. The monoisotopic (exact) mass is 399 g/mol. The van der Waals surface area contributed by atoms with Crippen molar-refractivity contribution in [1.82, 2.24) is 10.2 Å². The molecule has 9 heteroatoms. The van der Waals surface area contributed by atoms with Gasteiger partial charge < -0.3 is 14.2 Å². The number of nitrogens with one attached hydrogen (secondary N) is 1. The molecule has 0 saturated heterocycles. The normalized spacial score (nSPS) is 11.4. The van der Waals surface area contributed by atoms with Crippen LogP contribution in [-0.2, 0) is 6.18 Å². The van der Waals surface area contributed by atoms with Gasteiger partial charge in [0.1, 0.15) is 0 Å². The van der Waals surface area contributed by atoms with E-state index in [4.69, 9.17) is 8.83 Å². The molecule has 6 nitrogen and oxygen atoms in total. The first-order valence-electron chi connectivity index (χ1n) is 8.36. The molecule has 4 aromatic rings. The van der Waals surface area contributed by atoms with Gasteiger partial charge in [0.25, 0.3) is 11.8 Å². The van der Waals surface area contributed by atoms with Crippen molar-refractivity contribution in [3.63, 3.8) is 0 Å². The van der Waals surface area contributed by atoms with Crippen LogP contribution >= 0.6 is 0 Å². The van der Waals surface area contributed by atoms with E-state index in [2.05, 4.69) is 15.5 Å². The average Bonchev–Trinajstić information content (AvgIpc) is 3.39. The number of hydrogen-bond acceptors (Lipinski definition) is 5. The fourth-order valence-electron chi connectivity index (χ4n) is 2.61. The van der Waals surface area contributed by atoms with Crippen molar-refractivity contribution >= 4 is 11.6 Å². The minimum Gasteiger partial charge on any atom is -0.459 e. The zero-order valence-electron chi connectivity index (χ0n) is 14.6. The van der Waals surface area contributed by atoms with Crippen LogP contribution in [0.2, 0.25) is 0 Å². The summed E-state index contributed by atoms with van der Waals surface area (Å²) >= 11 is 0. The van der Waals surface area contributed by atoms with Crippen molar-refractivity contribution in [2.24, 2.45) is 0 Å². The van der Waals surface area contributed by atoms with Crippen molar-refractivity contribution in [2.45, 2.75) is 6.18 Å². The number of rotatable bonds is 4. The van der Waals surface area contributed by atoms with Gasteiger partial charge in [-0.3, -0.25) is 4.79 Å². The van der Waals surface area contributed by atoms with E-state index in [9.17, 15) is 18.0 Å². The average molecular weight is 399 g/mol. The predicted octanol–water partition coefficient (Wildman–Crippen LogP) is 5.27. The van der Waals surface area contributed by atoms with Gasteiger partial charge in [0.15, 0.2) is 5.76 Å². The minimum atomic E-state index is -4.53. The lowest BCUT2D eigenvalue weighted by Gasteiger charge is -2.09. The summed E-state index contributed by atoms with van der Waals surface area (Å²) in [6.45, 7) is 0. The van der Waals surface area contributed by atoms with E-state index in [1.54, 1.807) is 36.4 Å². The number of anilines is 1. The predicted molar refractivity (Wildman–Crippen MR) is 96.8 cm³/mol. The fourth-order valence-corrected chi connectivity index (χ4v) is 2.61. The van der Waals surface area contributed by atoms with Crippen LogP contribution < -0.4 is 5.32 Å². The molecule has 0 atom stereocenters. The molecular weight excluding hydrogens is 387 g/mol. The summed E-state index contributed by atoms with van der Waals surface area (Å²) in [4.78, 5) is 12.4. The molecule has 4 rings (SSSR count). The van der Waals surface area contributed by atoms with Crippen molar-refractivity contribution < 1.29 is 26.8 Å². The molecule has 0 aliphatic heterocycles. The van der Waals surface area contributed by atoms with Crippen LogP contribution in [0.1, 0.15) is 15.9 Å². The molecule has 0 spiro atoms. The van der Waals surface area contributed by atoms with Gasteiger partial charge in [-0.25, -0.2) is 0 Å². The van der Waals surface area contributed by atoms with Gasteiger partial charge >= 0.3 is 6.18 Å². The van der Waals surface area contributed by atoms with Crippen molar-refractivity contribution in [3.8, 4) is 23.1 Å². The quantitative estimate of drug-likeness (QED) is 0.506. The van der Waals surface area contributed by atoms with E-state index in [0.29, 0.717) is 17.0 Å². The number of furan rings is 1. The van der Waals surface area contributed by atoms with Crippen LogP contribution in [0.4, 0.5) is 18.9 Å². The molecule has 0 bridgehead atoms. The molecule has 2 aromatic carbocycles. The van der Waals surface area contributed by atoms with Crippen LogP contribution in [-0.4, -0.2) is 16.1 Å². The topological polar surface area (TPSA) is 81.2 Å². The number of hydrogen-bond donors (Lipinski definition) is 1. The lowest BCUT2D eigenvalue weighted by atomic mass is 10.1. The number of alkyl halides is 3. The fraction of sp³-hybridized carbons (Fsp3) is 0.0500. The van der Waals surface area contributed by atoms with Gasteiger partial charge in [0, 0.05) is 16.8 Å². The molecule has 2 aromatic heterocycles. The van der Waals surface area contributed by atoms with Gasteiger partial charge in [-0.05, 0) is 48.5 Å². The van der Waals surface area contributed by atoms with E-state index in [1.807, 2.05) is 0 Å². The molecular formula is C20H12F3N3O3. The molecule has 29 heavy (non-hydrogen) atoms. The molecule has 0 fully saturated rings. The molecule has 1 amide bonds. The Balaban J connectivity index is 1.55. The second-order valence-electron chi connectivity index (χ2n) is 6.00. The molecule has 2 heterocycles. The van der Waals surface area contributed by atoms with Crippen LogP contribution in [0.25, 0.3) is 23.1 Å². The van der Waals surface area contributed by atoms with Gasteiger partial charge in [0.05, 0.1) is 11.8 Å². The zero-order chi connectivity index (χ0) is 20.4. The van der Waals surface area contributed by atoms with Gasteiger partial charge in [-0.15, -0.1) is 10.2 Å². The third-order valence-electron chi connectivity index (χ3n) is 3.98. The lowest BCUT2D eigenvalue weighted by Crippen LogP contribution is -2.13. The number of aromatic nitrogens is 2. The van der Waals surface area contributed by atoms with Crippen LogP contribution in [0.15, 0.2) is 75.8 Å². The second kappa shape index (κ2) is 7.27. The number of benzene rings is 2. The third kappa shape index (κ3) is 4.03. The molecule has 0 saturated carbocycles. The Bertz CT molecular complexity index is 1150. The number of carbonyl (C=O) groups is 1. The molecule has 146 valence electrons. The summed E-state index contributed by atoms with van der Waals surface area (Å²) in [6.07, 6.45) is -3.05. The van der Waals surface area contributed by atoms with E-state index < -0.39 is 17.6 Å². The Morgan fingerprint density at radius 2 is 1.72 bits per heavy atom. The summed E-state index contributed by atoms with van der Waals surface area (Å²) in [6, 6.07) is 14.1. The van der Waals surface area contributed by atoms with Crippen molar-refractivity contribution in [2.75, 3.05) is 5.32 Å². The number of carbonyl (C=O) groups excluding carboxylic acids is 1. The molecule has 1 N–H and O–H groups in total. The highest BCUT2D eigenvalue weighted by Gasteiger charge is 2.30. The summed E-state index contributed by atoms with van der Waals surface area (Å²) in [5, 5.41) is 10.4. The van der Waals surface area contributed by atoms with Gasteiger partial charge in [-0.2, -0.15) is 13.2 Å². The summed E-state index contributed by atoms with van der Waals surface area (Å²) in [5.41, 5.74) is -0.113. The summed E-state index contributed by atoms with van der Waals surface area (Å²) < 4.78 is 49.3. The van der Waals surface area contributed by atoms with Crippen LogP contribution in [0.3, 0.4) is 0 Å². The Kier molecular flexibility index (Phi) is 4.63. The summed E-state index contributed by atoms with van der Waals surface area (Å²) in [7, 11) is 0. The Morgan fingerprint density at radius 3 is 2.48 bits per heavy atom. The summed E-state index contributed by atoms with van der Waals surface area (Å²) in [5.74, 6) is 0.141. The maximum atomic E-state index is 12.8. The smallest absolute Gasteiger partial charge is 0.416 e. The maximum Gasteiger partial charge on any atom is 0.416 e. The zero-order valence-corrected chi connectivity index (χ0v) is 14.6. The number of nitrogens with zero attached hydrogens (tertiary/aromatic N) is 2. The van der Waals surface area contributed by atoms with E-state index in [0.717, 1.165) is 12.1 Å². The van der Waals surface area contributed by atoms with E-state index in [-0.39, 0.29) is 17.3 Å². The third-order valence-corrected chi connectivity index (χ3v) is 3.98. The van der Waals surface area contributed by atoms with E-state index in [1.165, 1.54) is 18.4 Å². The van der Waals surface area contributed by atoms with Crippen LogP contribution in [0.5, 0.6) is 0 Å². The first kappa shape index (κ1) is 18.5. The highest BCUT2D eigenvalue weighted by molar-refractivity contribution is 6.04. The first-order chi connectivity index (χ1) is 13.9. The van der Waals surface area contributed by atoms with Gasteiger partial charge in [-0.1, -0.05) is 12.1 Å². The SMILES string of the molecule is O=C(Nc1cccc(-c2nnc(-c3ccco3)o2)c1)c1cccc(C(F)(F)F)c1. The lowest BCUT2D eigenvalue weighted by molar-refractivity contribution is -0.137. The Morgan fingerprint density at radius 1 is 0.931 bits per heavy atom. The van der Waals surface area contributed by atoms with E-state index >= 15 is 0 Å². The standard InChI is InChI=1S/C20H12F3N3O3/c21-20(22,23)14-6-1-4-12(10-14)17(27)24-15-7-2-5-13(11-15)18-25-26-19(29-18)16-8-3-9-28-16/h1-11H,(H,24,27). The number of amides is 1. The second-order valence-corrected chi connectivity index (χ2v) is 6.00. The Hall–Kier alpha value is -3.88. The van der Waals surface area contributed by atoms with Crippen molar-refractivity contribution in [1.29, 1.82) is 0 Å². The minimum absolute atomic E-state index is 0.108.